The smallest absolute Gasteiger partial charge is 0.0236 e. The molecule has 2 heteroatoms. The monoisotopic (exact) mass is 220 g/mol. The molecular weight excluding hydrogens is 196 g/mol. The first kappa shape index (κ1) is 13.2. The second-order valence-corrected chi connectivity index (χ2v) is 4.20. The second-order valence-electron chi connectivity index (χ2n) is 4.20. The molecule has 2 rings (SSSR count). The zero-order valence-electron chi connectivity index (χ0n) is 10.6. The van der Waals surface area contributed by atoms with Crippen molar-refractivity contribution in [2.75, 3.05) is 19.6 Å². The fourth-order valence-electron chi connectivity index (χ4n) is 2.06. The highest BCUT2D eigenvalue weighted by molar-refractivity contribution is 5.28. The lowest BCUT2D eigenvalue weighted by Crippen LogP contribution is -2.30. The third-order valence-electron chi connectivity index (χ3n) is 2.75. The minimum atomic E-state index is 0.750. The number of rotatable bonds is 2. The summed E-state index contributed by atoms with van der Waals surface area (Å²) in [7, 11) is 0. The predicted molar refractivity (Wildman–Crippen MR) is 70.4 cm³/mol. The molecule has 1 aromatic rings. The van der Waals surface area contributed by atoms with E-state index in [9.17, 15) is 0 Å². The van der Waals surface area contributed by atoms with E-state index >= 15 is 0 Å². The number of fused-ring (bicyclic) bond motifs is 1. The summed E-state index contributed by atoms with van der Waals surface area (Å²) in [6, 6.07) is 8.82. The van der Waals surface area contributed by atoms with Crippen LogP contribution >= 0.6 is 0 Å². The molecule has 2 nitrogen and oxygen atoms in total. The van der Waals surface area contributed by atoms with Crippen molar-refractivity contribution in [2.24, 2.45) is 5.73 Å². The Morgan fingerprint density at radius 2 is 1.81 bits per heavy atom. The molecule has 2 N–H and O–H groups in total. The summed E-state index contributed by atoms with van der Waals surface area (Å²) in [6.07, 6.45) is 2.50. The summed E-state index contributed by atoms with van der Waals surface area (Å²) in [5, 5.41) is 0. The fraction of sp³-hybridized carbons (Fsp3) is 0.571. The van der Waals surface area contributed by atoms with Crippen molar-refractivity contribution < 1.29 is 0 Å². The molecule has 1 aliphatic heterocycles. The molecule has 1 aliphatic rings. The van der Waals surface area contributed by atoms with Gasteiger partial charge in [-0.2, -0.15) is 0 Å². The van der Waals surface area contributed by atoms with Crippen LogP contribution in [0.4, 0.5) is 0 Å². The van der Waals surface area contributed by atoms with Crippen molar-refractivity contribution in [1.29, 1.82) is 0 Å². The molecule has 0 atom stereocenters. The van der Waals surface area contributed by atoms with Gasteiger partial charge in [-0.3, -0.25) is 4.90 Å². The molecule has 16 heavy (non-hydrogen) atoms. The van der Waals surface area contributed by atoms with E-state index in [2.05, 4.69) is 36.1 Å². The van der Waals surface area contributed by atoms with Crippen molar-refractivity contribution >= 4 is 0 Å². The average Bonchev–Trinajstić information content (AvgIpc) is 2.30. The fourth-order valence-corrected chi connectivity index (χ4v) is 2.06. The van der Waals surface area contributed by atoms with Crippen molar-refractivity contribution in [1.82, 2.24) is 4.90 Å². The molecule has 90 valence electrons. The summed E-state index contributed by atoms with van der Waals surface area (Å²) >= 11 is 0. The van der Waals surface area contributed by atoms with Crippen LogP contribution in [0.1, 0.15) is 31.4 Å². The SMILES string of the molecule is CCCN1CCc2ccccc2C1.CCN. The average molecular weight is 220 g/mol. The first-order valence-electron chi connectivity index (χ1n) is 6.31. The van der Waals surface area contributed by atoms with Gasteiger partial charge in [0.2, 0.25) is 0 Å². The molecular formula is C14H24N2. The Morgan fingerprint density at radius 3 is 2.44 bits per heavy atom. The van der Waals surface area contributed by atoms with Crippen LogP contribution in [0.5, 0.6) is 0 Å². The van der Waals surface area contributed by atoms with Crippen molar-refractivity contribution in [3.63, 3.8) is 0 Å². The summed E-state index contributed by atoms with van der Waals surface area (Å²) in [4.78, 5) is 2.54. The molecule has 0 aliphatic carbocycles. The van der Waals surface area contributed by atoms with E-state index < -0.39 is 0 Å². The Morgan fingerprint density at radius 1 is 1.19 bits per heavy atom. The maximum Gasteiger partial charge on any atom is 0.0236 e. The maximum atomic E-state index is 4.85. The van der Waals surface area contributed by atoms with Crippen molar-refractivity contribution in [3.05, 3.63) is 35.4 Å². The normalized spacial score (nSPS) is 14.9. The van der Waals surface area contributed by atoms with Gasteiger partial charge in [-0.25, -0.2) is 0 Å². The van der Waals surface area contributed by atoms with Crippen LogP contribution in [-0.2, 0) is 13.0 Å². The number of hydrogen-bond donors (Lipinski definition) is 1. The topological polar surface area (TPSA) is 29.3 Å². The Hall–Kier alpha value is -0.860. The maximum absolute atomic E-state index is 4.85. The Bertz CT molecular complexity index is 297. The van der Waals surface area contributed by atoms with E-state index in [1.54, 1.807) is 5.56 Å². The molecule has 0 fully saturated rings. The molecule has 0 saturated carbocycles. The molecule has 1 aromatic carbocycles. The van der Waals surface area contributed by atoms with E-state index in [-0.39, 0.29) is 0 Å². The van der Waals surface area contributed by atoms with Gasteiger partial charge in [0.1, 0.15) is 0 Å². The number of nitrogens with two attached hydrogens (primary N) is 1. The van der Waals surface area contributed by atoms with Crippen LogP contribution in [0.25, 0.3) is 0 Å². The van der Waals surface area contributed by atoms with Crippen molar-refractivity contribution in [2.45, 2.75) is 33.2 Å². The van der Waals surface area contributed by atoms with Gasteiger partial charge in [0, 0.05) is 13.1 Å². The quantitative estimate of drug-likeness (QED) is 0.829. The van der Waals surface area contributed by atoms with Crippen LogP contribution in [-0.4, -0.2) is 24.5 Å². The van der Waals surface area contributed by atoms with Crippen LogP contribution in [0, 0.1) is 0 Å². The molecule has 0 spiro atoms. The molecule has 0 aromatic heterocycles. The van der Waals surface area contributed by atoms with E-state index in [1.807, 2.05) is 6.92 Å². The highest BCUT2D eigenvalue weighted by atomic mass is 15.1. The molecule has 0 radical (unpaired) electrons. The molecule has 0 unspecified atom stereocenters. The standard InChI is InChI=1S/C12H17N.C2H7N/c1-2-8-13-9-7-11-5-3-4-6-12(11)10-13;1-2-3/h3-6H,2,7-10H2,1H3;2-3H2,1H3. The summed E-state index contributed by atoms with van der Waals surface area (Å²) in [6.45, 7) is 8.55. The van der Waals surface area contributed by atoms with Gasteiger partial charge in [-0.05, 0) is 37.1 Å². The van der Waals surface area contributed by atoms with Gasteiger partial charge < -0.3 is 5.73 Å². The zero-order valence-corrected chi connectivity index (χ0v) is 10.6. The third kappa shape index (κ3) is 3.95. The third-order valence-corrected chi connectivity index (χ3v) is 2.75. The lowest BCUT2D eigenvalue weighted by Gasteiger charge is -2.28. The first-order chi connectivity index (χ1) is 7.81. The van der Waals surface area contributed by atoms with E-state index in [4.69, 9.17) is 5.73 Å². The lowest BCUT2D eigenvalue weighted by atomic mass is 10.00. The van der Waals surface area contributed by atoms with Gasteiger partial charge in [0.25, 0.3) is 0 Å². The van der Waals surface area contributed by atoms with Crippen LogP contribution < -0.4 is 5.73 Å². The highest BCUT2D eigenvalue weighted by Crippen LogP contribution is 2.18. The van der Waals surface area contributed by atoms with Gasteiger partial charge in [-0.1, -0.05) is 38.1 Å². The van der Waals surface area contributed by atoms with Gasteiger partial charge in [0.05, 0.1) is 0 Å². The number of benzene rings is 1. The highest BCUT2D eigenvalue weighted by Gasteiger charge is 2.13. The predicted octanol–water partition coefficient (Wildman–Crippen LogP) is 2.42. The van der Waals surface area contributed by atoms with Gasteiger partial charge in [0.15, 0.2) is 0 Å². The largest absolute Gasteiger partial charge is 0.331 e. The Kier molecular flexibility index (Phi) is 6.12. The molecule has 0 saturated heterocycles. The zero-order chi connectivity index (χ0) is 11.8. The van der Waals surface area contributed by atoms with Crippen LogP contribution in [0.15, 0.2) is 24.3 Å². The van der Waals surface area contributed by atoms with E-state index in [0.29, 0.717) is 0 Å². The number of hydrogen-bond acceptors (Lipinski definition) is 2. The molecule has 0 amide bonds. The van der Waals surface area contributed by atoms with Crippen LogP contribution in [0.2, 0.25) is 0 Å². The summed E-state index contributed by atoms with van der Waals surface area (Å²) in [5.74, 6) is 0. The Balaban J connectivity index is 0.000000386. The minimum Gasteiger partial charge on any atom is -0.331 e. The summed E-state index contributed by atoms with van der Waals surface area (Å²) in [5.41, 5.74) is 7.93. The van der Waals surface area contributed by atoms with Crippen LogP contribution in [0.3, 0.4) is 0 Å². The number of nitrogens with zero attached hydrogens (tertiary/aromatic N) is 1. The minimum absolute atomic E-state index is 0.750. The van der Waals surface area contributed by atoms with Gasteiger partial charge in [-0.15, -0.1) is 0 Å². The van der Waals surface area contributed by atoms with E-state index in [0.717, 1.165) is 13.1 Å². The first-order valence-corrected chi connectivity index (χ1v) is 6.31. The summed E-state index contributed by atoms with van der Waals surface area (Å²) < 4.78 is 0. The second kappa shape index (κ2) is 7.42. The van der Waals surface area contributed by atoms with Crippen molar-refractivity contribution in [3.8, 4) is 0 Å². The van der Waals surface area contributed by atoms with Gasteiger partial charge >= 0.3 is 0 Å². The van der Waals surface area contributed by atoms with E-state index in [1.165, 1.54) is 31.5 Å². The Labute approximate surface area is 99.5 Å². The lowest BCUT2D eigenvalue weighted by molar-refractivity contribution is 0.255. The molecule has 1 heterocycles. The molecule has 0 bridgehead atoms.